The van der Waals surface area contributed by atoms with E-state index >= 15 is 0 Å². The third-order valence-corrected chi connectivity index (χ3v) is 2.62. The minimum absolute atomic E-state index is 0.0289. The van der Waals surface area contributed by atoms with E-state index in [0.29, 0.717) is 19.7 Å². The largest absolute Gasteiger partial charge is 0.450 e. The lowest BCUT2D eigenvalue weighted by Crippen LogP contribution is -2.37. The second kappa shape index (κ2) is 6.91. The van der Waals surface area contributed by atoms with Gasteiger partial charge in [-0.05, 0) is 19.4 Å². The first-order valence-electron chi connectivity index (χ1n) is 5.89. The molecular weight excluding hydrogens is 216 g/mol. The van der Waals surface area contributed by atoms with Crippen molar-refractivity contribution >= 4 is 6.09 Å². The fourth-order valence-corrected chi connectivity index (χ4v) is 1.70. The molecule has 0 fully saturated rings. The Kier molecular flexibility index (Phi) is 5.49. The summed E-state index contributed by atoms with van der Waals surface area (Å²) in [5, 5.41) is 0. The Hall–Kier alpha value is -1.55. The number of nitrogens with zero attached hydrogens (tertiary/aromatic N) is 1. The Morgan fingerprint density at radius 3 is 2.59 bits per heavy atom. The van der Waals surface area contributed by atoms with Crippen molar-refractivity contribution in [2.45, 2.75) is 19.9 Å². The van der Waals surface area contributed by atoms with Crippen molar-refractivity contribution in [3.8, 4) is 0 Å². The summed E-state index contributed by atoms with van der Waals surface area (Å²) in [5.41, 5.74) is 6.61. The number of carbonyl (C=O) groups excluding carboxylic acids is 1. The molecule has 4 heteroatoms. The summed E-state index contributed by atoms with van der Waals surface area (Å²) < 4.78 is 5.03. The molecule has 0 saturated carbocycles. The SMILES string of the molecule is CCOC(=O)N(CCN)[C@@H](C)c1ccccc1. The second-order valence-electron chi connectivity index (χ2n) is 3.77. The first-order chi connectivity index (χ1) is 8.20. The van der Waals surface area contributed by atoms with E-state index in [1.165, 1.54) is 0 Å². The average molecular weight is 236 g/mol. The lowest BCUT2D eigenvalue weighted by Gasteiger charge is -2.28. The van der Waals surface area contributed by atoms with E-state index in [9.17, 15) is 4.79 Å². The van der Waals surface area contributed by atoms with Gasteiger partial charge in [0.15, 0.2) is 0 Å². The maximum Gasteiger partial charge on any atom is 0.410 e. The molecule has 1 rings (SSSR count). The van der Waals surface area contributed by atoms with Crippen LogP contribution in [0.25, 0.3) is 0 Å². The highest BCUT2D eigenvalue weighted by Crippen LogP contribution is 2.20. The molecule has 94 valence electrons. The highest BCUT2D eigenvalue weighted by Gasteiger charge is 2.21. The molecule has 0 radical (unpaired) electrons. The fraction of sp³-hybridized carbons (Fsp3) is 0.462. The van der Waals surface area contributed by atoms with Gasteiger partial charge in [0.2, 0.25) is 0 Å². The van der Waals surface area contributed by atoms with E-state index in [1.807, 2.05) is 37.3 Å². The Morgan fingerprint density at radius 2 is 2.06 bits per heavy atom. The van der Waals surface area contributed by atoms with Crippen LogP contribution in [0.5, 0.6) is 0 Å². The van der Waals surface area contributed by atoms with Gasteiger partial charge in [0.25, 0.3) is 0 Å². The lowest BCUT2D eigenvalue weighted by molar-refractivity contribution is 0.0943. The number of nitrogens with two attached hydrogens (primary N) is 1. The van der Waals surface area contributed by atoms with Crippen LogP contribution in [0.15, 0.2) is 30.3 Å². The zero-order valence-corrected chi connectivity index (χ0v) is 10.4. The summed E-state index contributed by atoms with van der Waals surface area (Å²) >= 11 is 0. The van der Waals surface area contributed by atoms with Crippen molar-refractivity contribution < 1.29 is 9.53 Å². The summed E-state index contributed by atoms with van der Waals surface area (Å²) in [6.45, 7) is 5.07. The Morgan fingerprint density at radius 1 is 1.41 bits per heavy atom. The summed E-state index contributed by atoms with van der Waals surface area (Å²) in [4.78, 5) is 13.4. The van der Waals surface area contributed by atoms with Crippen LogP contribution in [0.1, 0.15) is 25.5 Å². The van der Waals surface area contributed by atoms with E-state index in [2.05, 4.69) is 0 Å². The number of hydrogen-bond donors (Lipinski definition) is 1. The Balaban J connectivity index is 2.80. The molecule has 0 aromatic heterocycles. The summed E-state index contributed by atoms with van der Waals surface area (Å²) in [6, 6.07) is 9.82. The van der Waals surface area contributed by atoms with Gasteiger partial charge in [-0.15, -0.1) is 0 Å². The molecular formula is C13H20N2O2. The predicted molar refractivity (Wildman–Crippen MR) is 67.6 cm³/mol. The van der Waals surface area contributed by atoms with Crippen molar-refractivity contribution in [3.63, 3.8) is 0 Å². The zero-order chi connectivity index (χ0) is 12.7. The molecule has 0 aliphatic heterocycles. The van der Waals surface area contributed by atoms with Gasteiger partial charge < -0.3 is 15.4 Å². The van der Waals surface area contributed by atoms with Crippen molar-refractivity contribution in [2.24, 2.45) is 5.73 Å². The summed E-state index contributed by atoms with van der Waals surface area (Å²) in [7, 11) is 0. The predicted octanol–water partition coefficient (Wildman–Crippen LogP) is 2.16. The third kappa shape index (κ3) is 3.75. The van der Waals surface area contributed by atoms with Crippen molar-refractivity contribution in [1.82, 2.24) is 4.90 Å². The molecule has 1 aromatic rings. The number of benzene rings is 1. The molecule has 2 N–H and O–H groups in total. The van der Waals surface area contributed by atoms with Crippen LogP contribution in [0.3, 0.4) is 0 Å². The fourth-order valence-electron chi connectivity index (χ4n) is 1.70. The Bertz CT molecular complexity index is 341. The van der Waals surface area contributed by atoms with Crippen molar-refractivity contribution in [3.05, 3.63) is 35.9 Å². The van der Waals surface area contributed by atoms with E-state index < -0.39 is 0 Å². The molecule has 0 aliphatic rings. The minimum atomic E-state index is -0.311. The molecule has 0 aliphatic carbocycles. The third-order valence-electron chi connectivity index (χ3n) is 2.62. The number of hydrogen-bond acceptors (Lipinski definition) is 3. The smallest absolute Gasteiger partial charge is 0.410 e. The quantitative estimate of drug-likeness (QED) is 0.852. The van der Waals surface area contributed by atoms with Gasteiger partial charge in [-0.25, -0.2) is 4.79 Å². The number of ether oxygens (including phenoxy) is 1. The number of amides is 1. The van der Waals surface area contributed by atoms with Gasteiger partial charge in [0.1, 0.15) is 0 Å². The topological polar surface area (TPSA) is 55.6 Å². The van der Waals surface area contributed by atoms with Gasteiger partial charge >= 0.3 is 6.09 Å². The molecule has 1 atom stereocenters. The van der Waals surface area contributed by atoms with E-state index in [4.69, 9.17) is 10.5 Å². The lowest BCUT2D eigenvalue weighted by atomic mass is 10.1. The first kappa shape index (κ1) is 13.5. The molecule has 0 unspecified atom stereocenters. The van der Waals surface area contributed by atoms with Crippen LogP contribution in [-0.2, 0) is 4.74 Å². The zero-order valence-electron chi connectivity index (χ0n) is 10.4. The van der Waals surface area contributed by atoms with Gasteiger partial charge in [-0.3, -0.25) is 0 Å². The molecule has 0 bridgehead atoms. The van der Waals surface area contributed by atoms with Gasteiger partial charge in [0, 0.05) is 13.1 Å². The second-order valence-corrected chi connectivity index (χ2v) is 3.77. The molecule has 0 heterocycles. The van der Waals surface area contributed by atoms with Crippen LogP contribution in [0, 0.1) is 0 Å². The highest BCUT2D eigenvalue weighted by molar-refractivity contribution is 5.68. The Labute approximate surface area is 102 Å². The molecule has 1 amide bonds. The van der Waals surface area contributed by atoms with E-state index in [-0.39, 0.29) is 12.1 Å². The maximum absolute atomic E-state index is 11.8. The molecule has 0 saturated heterocycles. The van der Waals surface area contributed by atoms with Gasteiger partial charge in [-0.2, -0.15) is 0 Å². The van der Waals surface area contributed by atoms with Gasteiger partial charge in [0.05, 0.1) is 12.6 Å². The van der Waals surface area contributed by atoms with E-state index in [0.717, 1.165) is 5.56 Å². The first-order valence-corrected chi connectivity index (χ1v) is 5.89. The van der Waals surface area contributed by atoms with Crippen LogP contribution in [0.4, 0.5) is 4.79 Å². The molecule has 17 heavy (non-hydrogen) atoms. The van der Waals surface area contributed by atoms with Gasteiger partial charge in [-0.1, -0.05) is 30.3 Å². The van der Waals surface area contributed by atoms with Crippen molar-refractivity contribution in [2.75, 3.05) is 19.7 Å². The van der Waals surface area contributed by atoms with Crippen LogP contribution in [-0.4, -0.2) is 30.7 Å². The number of rotatable bonds is 5. The molecule has 1 aromatic carbocycles. The monoisotopic (exact) mass is 236 g/mol. The van der Waals surface area contributed by atoms with Crippen LogP contribution >= 0.6 is 0 Å². The average Bonchev–Trinajstić information content (AvgIpc) is 2.36. The summed E-state index contributed by atoms with van der Waals surface area (Å²) in [5.74, 6) is 0. The van der Waals surface area contributed by atoms with E-state index in [1.54, 1.807) is 11.8 Å². The highest BCUT2D eigenvalue weighted by atomic mass is 16.6. The number of carbonyl (C=O) groups is 1. The summed E-state index contributed by atoms with van der Waals surface area (Å²) in [6.07, 6.45) is -0.311. The van der Waals surface area contributed by atoms with Crippen LogP contribution in [0.2, 0.25) is 0 Å². The maximum atomic E-state index is 11.8. The minimum Gasteiger partial charge on any atom is -0.450 e. The molecule has 0 spiro atoms. The molecule has 4 nitrogen and oxygen atoms in total. The van der Waals surface area contributed by atoms with Crippen LogP contribution < -0.4 is 5.73 Å². The van der Waals surface area contributed by atoms with Crippen molar-refractivity contribution in [1.29, 1.82) is 0 Å². The standard InChI is InChI=1S/C13H20N2O2/c1-3-17-13(16)15(10-9-14)11(2)12-7-5-4-6-8-12/h4-8,11H,3,9-10,14H2,1-2H3/t11-/m0/s1. The normalized spacial score (nSPS) is 11.9.